The van der Waals surface area contributed by atoms with Crippen LogP contribution in [0.15, 0.2) is 18.3 Å². The van der Waals surface area contributed by atoms with Crippen LogP contribution >= 0.6 is 0 Å². The molecule has 1 aliphatic rings. The Labute approximate surface area is 109 Å². The van der Waals surface area contributed by atoms with Crippen molar-refractivity contribution in [1.82, 2.24) is 14.8 Å². The molecule has 0 aliphatic carbocycles. The number of aromatic nitrogens is 1. The first-order chi connectivity index (χ1) is 8.88. The molecule has 1 saturated heterocycles. The molecule has 1 unspecified atom stereocenters. The minimum atomic E-state index is -4.33. The van der Waals surface area contributed by atoms with E-state index in [1.54, 1.807) is 4.90 Å². The van der Waals surface area contributed by atoms with E-state index in [2.05, 4.69) is 5.32 Å². The van der Waals surface area contributed by atoms with Gasteiger partial charge in [-0.05, 0) is 19.1 Å². The highest BCUT2D eigenvalue weighted by molar-refractivity contribution is 5.93. The third-order valence-electron chi connectivity index (χ3n) is 3.16. The lowest BCUT2D eigenvalue weighted by Gasteiger charge is -2.34. The van der Waals surface area contributed by atoms with Crippen molar-refractivity contribution < 1.29 is 18.0 Å². The average Bonchev–Trinajstić information content (AvgIpc) is 2.74. The van der Waals surface area contributed by atoms with Crippen molar-refractivity contribution in [1.29, 1.82) is 0 Å². The fourth-order valence-electron chi connectivity index (χ4n) is 2.23. The number of hydrogen-bond acceptors (Lipinski definition) is 2. The molecule has 0 radical (unpaired) electrons. The summed E-state index contributed by atoms with van der Waals surface area (Å²) in [6.45, 7) is 2.57. The van der Waals surface area contributed by atoms with Crippen LogP contribution in [-0.2, 0) is 6.54 Å². The molecule has 1 N–H and O–H groups in total. The van der Waals surface area contributed by atoms with Gasteiger partial charge in [0.1, 0.15) is 12.2 Å². The van der Waals surface area contributed by atoms with Gasteiger partial charge in [0.15, 0.2) is 0 Å². The van der Waals surface area contributed by atoms with Crippen molar-refractivity contribution >= 4 is 5.91 Å². The Bertz CT molecular complexity index is 455. The van der Waals surface area contributed by atoms with Crippen LogP contribution in [0.1, 0.15) is 17.4 Å². The van der Waals surface area contributed by atoms with Gasteiger partial charge in [0.25, 0.3) is 5.91 Å². The van der Waals surface area contributed by atoms with Gasteiger partial charge in [-0.1, -0.05) is 0 Å². The number of alkyl halides is 3. The normalized spacial score (nSPS) is 20.6. The zero-order valence-corrected chi connectivity index (χ0v) is 10.6. The van der Waals surface area contributed by atoms with E-state index < -0.39 is 12.7 Å². The number of nitrogens with zero attached hydrogens (tertiary/aromatic N) is 2. The molecule has 7 heteroatoms. The molecule has 1 fully saturated rings. The van der Waals surface area contributed by atoms with Crippen LogP contribution in [0.2, 0.25) is 0 Å². The van der Waals surface area contributed by atoms with Gasteiger partial charge in [-0.25, -0.2) is 0 Å². The standard InChI is InChI=1S/C12H16F3N3O/c1-9-7-16-4-6-18(9)11(19)10-3-2-5-17(10)8-12(13,14)15/h2-3,5,9,16H,4,6-8H2,1H3. The van der Waals surface area contributed by atoms with Crippen LogP contribution in [0.4, 0.5) is 13.2 Å². The molecule has 1 amide bonds. The number of piperazine rings is 1. The molecule has 1 aromatic rings. The number of carbonyl (C=O) groups excluding carboxylic acids is 1. The third-order valence-corrected chi connectivity index (χ3v) is 3.16. The molecule has 2 rings (SSSR count). The highest BCUT2D eigenvalue weighted by Crippen LogP contribution is 2.20. The largest absolute Gasteiger partial charge is 0.406 e. The number of carbonyl (C=O) groups is 1. The second kappa shape index (κ2) is 5.24. The van der Waals surface area contributed by atoms with Crippen LogP contribution in [0.5, 0.6) is 0 Å². The highest BCUT2D eigenvalue weighted by atomic mass is 19.4. The van der Waals surface area contributed by atoms with E-state index in [1.807, 2.05) is 6.92 Å². The minimum Gasteiger partial charge on any atom is -0.334 e. The SMILES string of the molecule is CC1CNCCN1C(=O)c1cccn1CC(F)(F)F. The summed E-state index contributed by atoms with van der Waals surface area (Å²) in [5.74, 6) is -0.344. The molecule has 0 bridgehead atoms. The number of amides is 1. The first kappa shape index (κ1) is 13.9. The average molecular weight is 275 g/mol. The van der Waals surface area contributed by atoms with Crippen molar-refractivity contribution in [3.05, 3.63) is 24.0 Å². The number of nitrogens with one attached hydrogen (secondary N) is 1. The van der Waals surface area contributed by atoms with Crippen LogP contribution in [-0.4, -0.2) is 47.2 Å². The summed E-state index contributed by atoms with van der Waals surface area (Å²) in [7, 11) is 0. The van der Waals surface area contributed by atoms with Crippen molar-refractivity contribution in [2.75, 3.05) is 19.6 Å². The summed E-state index contributed by atoms with van der Waals surface area (Å²) in [5, 5.41) is 3.14. The van der Waals surface area contributed by atoms with E-state index in [4.69, 9.17) is 0 Å². The Morgan fingerprint density at radius 1 is 1.53 bits per heavy atom. The fraction of sp³-hybridized carbons (Fsp3) is 0.583. The van der Waals surface area contributed by atoms with Crippen molar-refractivity contribution in [2.24, 2.45) is 0 Å². The zero-order valence-electron chi connectivity index (χ0n) is 10.6. The Morgan fingerprint density at radius 2 is 2.26 bits per heavy atom. The molecule has 19 heavy (non-hydrogen) atoms. The maximum atomic E-state index is 12.4. The Balaban J connectivity index is 2.17. The van der Waals surface area contributed by atoms with Gasteiger partial charge in [-0.2, -0.15) is 13.2 Å². The Kier molecular flexibility index (Phi) is 3.84. The molecule has 4 nitrogen and oxygen atoms in total. The van der Waals surface area contributed by atoms with Crippen molar-refractivity contribution in [3.63, 3.8) is 0 Å². The smallest absolute Gasteiger partial charge is 0.334 e. The fourth-order valence-corrected chi connectivity index (χ4v) is 2.23. The summed E-state index contributed by atoms with van der Waals surface area (Å²) in [4.78, 5) is 13.9. The summed E-state index contributed by atoms with van der Waals surface area (Å²) in [6, 6.07) is 2.88. The summed E-state index contributed by atoms with van der Waals surface area (Å²) in [5.41, 5.74) is 0.0890. The van der Waals surface area contributed by atoms with Crippen LogP contribution in [0.25, 0.3) is 0 Å². The van der Waals surface area contributed by atoms with Gasteiger partial charge in [0.05, 0.1) is 0 Å². The molecule has 1 aliphatic heterocycles. The molecule has 106 valence electrons. The number of halogens is 3. The summed E-state index contributed by atoms with van der Waals surface area (Å²) < 4.78 is 38.2. The maximum Gasteiger partial charge on any atom is 0.406 e. The first-order valence-corrected chi connectivity index (χ1v) is 6.12. The van der Waals surface area contributed by atoms with Gasteiger partial charge in [0.2, 0.25) is 0 Å². The van der Waals surface area contributed by atoms with Crippen LogP contribution in [0, 0.1) is 0 Å². The molecule has 2 heterocycles. The molecule has 1 atom stereocenters. The van der Waals surface area contributed by atoms with Crippen LogP contribution < -0.4 is 5.32 Å². The second-order valence-electron chi connectivity index (χ2n) is 4.69. The van der Waals surface area contributed by atoms with Gasteiger partial charge in [0, 0.05) is 31.9 Å². The van der Waals surface area contributed by atoms with Gasteiger partial charge < -0.3 is 14.8 Å². The van der Waals surface area contributed by atoms with Gasteiger partial charge in [-0.15, -0.1) is 0 Å². The summed E-state index contributed by atoms with van der Waals surface area (Å²) in [6.07, 6.45) is -3.04. The zero-order chi connectivity index (χ0) is 14.0. The molecule has 1 aromatic heterocycles. The third kappa shape index (κ3) is 3.28. The first-order valence-electron chi connectivity index (χ1n) is 6.12. The highest BCUT2D eigenvalue weighted by Gasteiger charge is 2.31. The predicted molar refractivity (Wildman–Crippen MR) is 63.9 cm³/mol. The van der Waals surface area contributed by atoms with Crippen molar-refractivity contribution in [3.8, 4) is 0 Å². The van der Waals surface area contributed by atoms with Crippen LogP contribution in [0.3, 0.4) is 0 Å². The Hall–Kier alpha value is -1.50. The van der Waals surface area contributed by atoms with E-state index in [9.17, 15) is 18.0 Å². The lowest BCUT2D eigenvalue weighted by Crippen LogP contribution is -2.52. The molecule has 0 saturated carbocycles. The lowest BCUT2D eigenvalue weighted by atomic mass is 10.2. The maximum absolute atomic E-state index is 12.4. The predicted octanol–water partition coefficient (Wildman–Crippen LogP) is 1.48. The van der Waals surface area contributed by atoms with E-state index in [0.717, 1.165) is 4.57 Å². The van der Waals surface area contributed by atoms with Gasteiger partial charge in [-0.3, -0.25) is 4.79 Å². The molecule has 0 aromatic carbocycles. The van der Waals surface area contributed by atoms with Crippen molar-refractivity contribution in [2.45, 2.75) is 25.7 Å². The van der Waals surface area contributed by atoms with E-state index in [-0.39, 0.29) is 17.6 Å². The topological polar surface area (TPSA) is 37.3 Å². The number of rotatable bonds is 2. The van der Waals surface area contributed by atoms with Gasteiger partial charge >= 0.3 is 6.18 Å². The van der Waals surface area contributed by atoms with E-state index in [0.29, 0.717) is 19.6 Å². The van der Waals surface area contributed by atoms with E-state index in [1.165, 1.54) is 18.3 Å². The lowest BCUT2D eigenvalue weighted by molar-refractivity contribution is -0.140. The number of hydrogen-bond donors (Lipinski definition) is 1. The quantitative estimate of drug-likeness (QED) is 0.888. The van der Waals surface area contributed by atoms with E-state index >= 15 is 0 Å². The molecular formula is C12H16F3N3O. The Morgan fingerprint density at radius 3 is 2.89 bits per heavy atom. The molecular weight excluding hydrogens is 259 g/mol. The summed E-state index contributed by atoms with van der Waals surface area (Å²) >= 11 is 0. The monoisotopic (exact) mass is 275 g/mol. The second-order valence-corrected chi connectivity index (χ2v) is 4.69. The minimum absolute atomic E-state index is 0.0181. The molecule has 0 spiro atoms.